The van der Waals surface area contributed by atoms with Crippen LogP contribution < -0.4 is 5.32 Å². The summed E-state index contributed by atoms with van der Waals surface area (Å²) in [5, 5.41) is 2.90. The van der Waals surface area contributed by atoms with Crippen molar-refractivity contribution in [2.45, 2.75) is 91.1 Å². The third-order valence-corrected chi connectivity index (χ3v) is 6.42. The van der Waals surface area contributed by atoms with E-state index in [2.05, 4.69) is 19.2 Å². The highest BCUT2D eigenvalue weighted by atomic mass is 19.4. The standard InChI is InChI=1S/C25H35F3N2O3/c1-16(2)13-24(10-8-20(14-24)29-22(32)33-23(3,4)5)21(31)30-11-9-17-6-7-19(25(26,27)28)12-18(17)15-30/h6-7,12,16,20H,8-11,13-15H2,1-5H3,(H,29,32)/t20-,24-/m1/s1. The molecule has 1 heterocycles. The molecule has 184 valence electrons. The van der Waals surface area contributed by atoms with Crippen LogP contribution in [-0.2, 0) is 28.7 Å². The first-order valence-corrected chi connectivity index (χ1v) is 11.7. The smallest absolute Gasteiger partial charge is 0.416 e. The number of amides is 2. The van der Waals surface area contributed by atoms with Crippen LogP contribution in [0.1, 0.15) is 77.0 Å². The number of nitrogens with one attached hydrogen (secondary N) is 1. The molecule has 8 heteroatoms. The number of alkyl carbamates (subject to hydrolysis) is 1. The van der Waals surface area contributed by atoms with Gasteiger partial charge in [-0.1, -0.05) is 19.9 Å². The van der Waals surface area contributed by atoms with Crippen LogP contribution in [0.4, 0.5) is 18.0 Å². The minimum atomic E-state index is -4.41. The molecule has 1 aromatic carbocycles. The van der Waals surface area contributed by atoms with Crippen LogP contribution in [-0.4, -0.2) is 35.1 Å². The molecule has 1 N–H and O–H groups in total. The van der Waals surface area contributed by atoms with Gasteiger partial charge in [0.2, 0.25) is 5.91 Å². The second kappa shape index (κ2) is 9.18. The van der Waals surface area contributed by atoms with Gasteiger partial charge in [0, 0.05) is 19.1 Å². The van der Waals surface area contributed by atoms with E-state index in [-0.39, 0.29) is 24.4 Å². The van der Waals surface area contributed by atoms with E-state index in [0.717, 1.165) is 11.6 Å². The number of fused-ring (bicyclic) bond motifs is 1. The highest BCUT2D eigenvalue weighted by molar-refractivity contribution is 5.83. The number of carbonyl (C=O) groups excluding carboxylic acids is 2. The number of carbonyl (C=O) groups is 2. The summed E-state index contributed by atoms with van der Waals surface area (Å²) in [5.74, 6) is 0.246. The zero-order chi connectivity index (χ0) is 24.6. The second-order valence-corrected chi connectivity index (χ2v) is 10.9. The molecule has 0 unspecified atom stereocenters. The summed E-state index contributed by atoms with van der Waals surface area (Å²) in [7, 11) is 0. The van der Waals surface area contributed by atoms with Crippen molar-refractivity contribution < 1.29 is 27.5 Å². The lowest BCUT2D eigenvalue weighted by Crippen LogP contribution is -2.47. The number of alkyl halides is 3. The molecule has 5 nitrogen and oxygen atoms in total. The van der Waals surface area contributed by atoms with Crippen molar-refractivity contribution in [2.75, 3.05) is 6.54 Å². The van der Waals surface area contributed by atoms with Crippen molar-refractivity contribution in [1.29, 1.82) is 0 Å². The first-order chi connectivity index (χ1) is 15.2. The Kier molecular flexibility index (Phi) is 7.06. The highest BCUT2D eigenvalue weighted by Gasteiger charge is 2.48. The zero-order valence-electron chi connectivity index (χ0n) is 20.1. The van der Waals surface area contributed by atoms with E-state index in [1.807, 2.05) is 0 Å². The summed E-state index contributed by atoms with van der Waals surface area (Å²) in [6.07, 6.45) is -1.88. The van der Waals surface area contributed by atoms with Gasteiger partial charge in [-0.15, -0.1) is 0 Å². The van der Waals surface area contributed by atoms with E-state index in [9.17, 15) is 22.8 Å². The zero-order valence-corrected chi connectivity index (χ0v) is 20.1. The predicted octanol–water partition coefficient (Wildman–Crippen LogP) is 5.70. The number of halogens is 3. The molecule has 1 aliphatic heterocycles. The molecule has 1 saturated carbocycles. The van der Waals surface area contributed by atoms with Crippen molar-refractivity contribution in [1.82, 2.24) is 10.2 Å². The summed E-state index contributed by atoms with van der Waals surface area (Å²) in [6.45, 7) is 10.2. The Balaban J connectivity index is 1.76. The highest BCUT2D eigenvalue weighted by Crippen LogP contribution is 2.45. The van der Waals surface area contributed by atoms with E-state index >= 15 is 0 Å². The summed E-state index contributed by atoms with van der Waals surface area (Å²) in [6, 6.07) is 3.64. The average molecular weight is 469 g/mol. The Morgan fingerprint density at radius 3 is 2.52 bits per heavy atom. The molecule has 1 aromatic rings. The quantitative estimate of drug-likeness (QED) is 0.617. The Morgan fingerprint density at radius 2 is 1.91 bits per heavy atom. The summed E-state index contributed by atoms with van der Waals surface area (Å²) < 4.78 is 44.9. The molecule has 33 heavy (non-hydrogen) atoms. The van der Waals surface area contributed by atoms with Crippen LogP contribution in [0.5, 0.6) is 0 Å². The normalized spacial score (nSPS) is 23.4. The van der Waals surface area contributed by atoms with Gasteiger partial charge in [0.1, 0.15) is 5.60 Å². The monoisotopic (exact) mass is 468 g/mol. The maximum atomic E-state index is 13.8. The Labute approximate surface area is 194 Å². The molecular formula is C25H35F3N2O3. The lowest BCUT2D eigenvalue weighted by Gasteiger charge is -2.38. The van der Waals surface area contributed by atoms with Crippen LogP contribution in [0.25, 0.3) is 0 Å². The van der Waals surface area contributed by atoms with Crippen LogP contribution in [0.15, 0.2) is 18.2 Å². The summed E-state index contributed by atoms with van der Waals surface area (Å²) in [4.78, 5) is 27.7. The topological polar surface area (TPSA) is 58.6 Å². The minimum absolute atomic E-state index is 0.0206. The first-order valence-electron chi connectivity index (χ1n) is 11.7. The Hall–Kier alpha value is -2.25. The Morgan fingerprint density at radius 1 is 1.21 bits per heavy atom. The number of rotatable bonds is 4. The number of hydrogen-bond acceptors (Lipinski definition) is 3. The molecule has 1 fully saturated rings. The van der Waals surface area contributed by atoms with Gasteiger partial charge in [0.25, 0.3) is 0 Å². The Bertz CT molecular complexity index is 892. The van der Waals surface area contributed by atoms with Gasteiger partial charge in [-0.25, -0.2) is 4.79 Å². The fourth-order valence-electron chi connectivity index (χ4n) is 5.21. The molecule has 0 bridgehead atoms. The third-order valence-electron chi connectivity index (χ3n) is 6.42. The molecule has 1 aliphatic carbocycles. The number of benzene rings is 1. The van der Waals surface area contributed by atoms with Crippen LogP contribution in [0.3, 0.4) is 0 Å². The summed E-state index contributed by atoms with van der Waals surface area (Å²) in [5.41, 5.74) is -0.502. The molecule has 0 saturated heterocycles. The molecule has 2 atom stereocenters. The molecule has 2 amide bonds. The van der Waals surface area contributed by atoms with Crippen molar-refractivity contribution >= 4 is 12.0 Å². The SMILES string of the molecule is CC(C)C[C@]1(C(=O)N2CCc3ccc(C(F)(F)F)cc3C2)CC[C@@H](NC(=O)OC(C)(C)C)C1. The predicted molar refractivity (Wildman–Crippen MR) is 119 cm³/mol. The number of nitrogens with zero attached hydrogens (tertiary/aromatic N) is 1. The molecule has 0 aromatic heterocycles. The fourth-order valence-corrected chi connectivity index (χ4v) is 5.21. The lowest BCUT2D eigenvalue weighted by atomic mass is 9.76. The van der Waals surface area contributed by atoms with Gasteiger partial charge in [-0.2, -0.15) is 13.2 Å². The van der Waals surface area contributed by atoms with Crippen LogP contribution >= 0.6 is 0 Å². The largest absolute Gasteiger partial charge is 0.444 e. The van der Waals surface area contributed by atoms with Crippen molar-refractivity contribution in [3.63, 3.8) is 0 Å². The molecular weight excluding hydrogens is 433 g/mol. The van der Waals surface area contributed by atoms with Gasteiger partial charge in [0.15, 0.2) is 0 Å². The van der Waals surface area contributed by atoms with E-state index < -0.39 is 28.8 Å². The van der Waals surface area contributed by atoms with Crippen molar-refractivity contribution in [3.05, 3.63) is 34.9 Å². The van der Waals surface area contributed by atoms with Crippen molar-refractivity contribution in [3.8, 4) is 0 Å². The van der Waals surface area contributed by atoms with Crippen LogP contribution in [0.2, 0.25) is 0 Å². The van der Waals surface area contributed by atoms with E-state index in [1.54, 1.807) is 25.7 Å². The van der Waals surface area contributed by atoms with Crippen molar-refractivity contribution in [2.24, 2.45) is 11.3 Å². The minimum Gasteiger partial charge on any atom is -0.444 e. The van der Waals surface area contributed by atoms with Gasteiger partial charge < -0.3 is 15.0 Å². The first kappa shape index (κ1) is 25.4. The van der Waals surface area contributed by atoms with Gasteiger partial charge in [-0.3, -0.25) is 4.79 Å². The molecule has 3 rings (SSSR count). The lowest BCUT2D eigenvalue weighted by molar-refractivity contribution is -0.144. The fraction of sp³-hybridized carbons (Fsp3) is 0.680. The van der Waals surface area contributed by atoms with Gasteiger partial charge in [0.05, 0.1) is 11.0 Å². The molecule has 0 radical (unpaired) electrons. The maximum Gasteiger partial charge on any atom is 0.416 e. The van der Waals surface area contributed by atoms with E-state index in [1.165, 1.54) is 12.1 Å². The number of ether oxygens (including phenoxy) is 1. The molecule has 0 spiro atoms. The summed E-state index contributed by atoms with van der Waals surface area (Å²) >= 11 is 0. The van der Waals surface area contributed by atoms with Gasteiger partial charge in [-0.05, 0) is 82.1 Å². The maximum absolute atomic E-state index is 13.8. The average Bonchev–Trinajstić information content (AvgIpc) is 3.06. The van der Waals surface area contributed by atoms with E-state index in [4.69, 9.17) is 4.74 Å². The third kappa shape index (κ3) is 6.21. The van der Waals surface area contributed by atoms with Gasteiger partial charge >= 0.3 is 12.3 Å². The number of hydrogen-bond donors (Lipinski definition) is 1. The van der Waals surface area contributed by atoms with Crippen LogP contribution in [0, 0.1) is 11.3 Å². The molecule has 2 aliphatic rings. The second-order valence-electron chi connectivity index (χ2n) is 10.9. The van der Waals surface area contributed by atoms with E-state index in [0.29, 0.717) is 44.2 Å².